The summed E-state index contributed by atoms with van der Waals surface area (Å²) in [5.41, 5.74) is 13.6. The summed E-state index contributed by atoms with van der Waals surface area (Å²) in [5.74, 6) is 3.69. The summed E-state index contributed by atoms with van der Waals surface area (Å²) < 4.78 is 28.7. The molecule has 4 nitrogen and oxygen atoms in total. The molecule has 0 aliphatic heterocycles. The molecule has 0 unspecified atom stereocenters. The van der Waals surface area contributed by atoms with Crippen LogP contribution < -0.4 is 65.0 Å². The zero-order valence-corrected chi connectivity index (χ0v) is 57.9. The van der Waals surface area contributed by atoms with E-state index in [0.29, 0.717) is 38.4 Å². The van der Waals surface area contributed by atoms with Crippen molar-refractivity contribution in [3.63, 3.8) is 0 Å². The molecule has 0 fully saturated rings. The van der Waals surface area contributed by atoms with Crippen molar-refractivity contribution in [1.29, 1.82) is 0 Å². The van der Waals surface area contributed by atoms with Crippen molar-refractivity contribution < 1.29 is 88.5 Å². The molecule has 82 heavy (non-hydrogen) atoms. The predicted molar refractivity (Wildman–Crippen MR) is 334 cm³/mol. The topological polar surface area (TPSA) is 36.9 Å². The van der Waals surface area contributed by atoms with Crippen LogP contribution in [0, 0.1) is 0 Å². The van der Waals surface area contributed by atoms with Gasteiger partial charge in [0.1, 0.15) is 35.7 Å². The molecule has 8 aromatic carbocycles. The van der Waals surface area contributed by atoms with Crippen molar-refractivity contribution in [1.82, 2.24) is 0 Å². The summed E-state index contributed by atoms with van der Waals surface area (Å²) in [6, 6.07) is 63.0. The molecule has 0 atom stereocenters. The van der Waals surface area contributed by atoms with E-state index in [4.69, 9.17) is 18.9 Å². The van der Waals surface area contributed by atoms with Gasteiger partial charge in [0.05, 0.1) is 14.2 Å². The summed E-state index contributed by atoms with van der Waals surface area (Å²) in [4.78, 5) is 0. The summed E-state index contributed by atoms with van der Waals surface area (Å²) in [5, 5.41) is 5.14. The SMILES string of the molecule is COc1c2cc(C(C)(C)C)cc1Cc1cc(C(C)(C)C)cc(c1OCP(c1ccccc1)c1ccccc1)Cc1cc(C(C)(C)C)cc(c1OC)Cc1cc(C(C)(C)C)cc(c1OCP(c1ccccc1)c1ccccc1)C2.[Au+].[Au+].[Cl-].[Cl-]. The Kier molecular flexibility index (Phi) is 24.2. The Bertz CT molecular complexity index is 2960. The predicted octanol–water partition coefficient (Wildman–Crippen LogP) is 10.5. The van der Waals surface area contributed by atoms with Crippen LogP contribution in [0.15, 0.2) is 170 Å². The fraction of sp³-hybridized carbons (Fsp3) is 0.333. The first-order valence-corrected chi connectivity index (χ1v) is 30.9. The van der Waals surface area contributed by atoms with Crippen molar-refractivity contribution in [3.8, 4) is 23.0 Å². The van der Waals surface area contributed by atoms with Crippen LogP contribution in [0.3, 0.4) is 0 Å². The Morgan fingerprint density at radius 1 is 0.305 bits per heavy atom. The van der Waals surface area contributed by atoms with Crippen molar-refractivity contribution in [2.24, 2.45) is 0 Å². The molecular formula is C72H82Au2Cl2O4P2. The van der Waals surface area contributed by atoms with Gasteiger partial charge in [-0.3, -0.25) is 0 Å². The van der Waals surface area contributed by atoms with Crippen LogP contribution in [0.1, 0.15) is 150 Å². The van der Waals surface area contributed by atoms with Gasteiger partial charge in [0.2, 0.25) is 0 Å². The summed E-state index contributed by atoms with van der Waals surface area (Å²) in [7, 11) is 1.96. The number of methoxy groups -OCH3 is 2. The molecule has 1 aliphatic rings. The molecule has 0 aromatic heterocycles. The number of hydrogen-bond donors (Lipinski definition) is 0. The molecule has 0 saturated carbocycles. The van der Waals surface area contributed by atoms with E-state index in [0.717, 1.165) is 67.5 Å². The second-order valence-electron chi connectivity index (χ2n) is 25.4. The fourth-order valence-corrected chi connectivity index (χ4v) is 14.6. The summed E-state index contributed by atoms with van der Waals surface area (Å²) >= 11 is 0. The minimum atomic E-state index is -0.874. The number of benzene rings is 8. The van der Waals surface area contributed by atoms with Gasteiger partial charge in [-0.1, -0.05) is 253 Å². The molecule has 0 amide bonds. The molecule has 0 heterocycles. The number of rotatable bonds is 12. The maximum absolute atomic E-state index is 7.58. The minimum Gasteiger partial charge on any atom is -1.00 e. The van der Waals surface area contributed by atoms with E-state index in [2.05, 4.69) is 253 Å². The van der Waals surface area contributed by atoms with Crippen molar-refractivity contribution in [3.05, 3.63) is 237 Å². The first kappa shape index (κ1) is 68.7. The van der Waals surface area contributed by atoms with Gasteiger partial charge in [0.25, 0.3) is 0 Å². The molecule has 0 N–H and O–H groups in total. The van der Waals surface area contributed by atoms with E-state index < -0.39 is 15.8 Å². The third-order valence-corrected chi connectivity index (χ3v) is 19.8. The van der Waals surface area contributed by atoms with Crippen LogP contribution in [0.4, 0.5) is 0 Å². The second kappa shape index (κ2) is 28.8. The Morgan fingerprint density at radius 2 is 0.488 bits per heavy atom. The quantitative estimate of drug-likeness (QED) is 0.0903. The standard InChI is InChI=1S/C72H82O4P2.2Au.2ClH/c1-69(2,3)57-39-49-35-53-43-59(71(7,8)9)45-55(67(53)75-47-77(61-27-19-15-20-28-61)62-29-21-16-22-30-62)37-51-41-58(70(4,5)6)42-52(66(51)74-14)38-56-46-60(72(10,11)12)44-54(36-50(40-57)65(49)73-13)68(56)76-48-78(63-31-23-17-24-32-63)64-33-25-18-26-34-64;;;;/h15-34,39-46H,35-38,47-48H2,1-14H3;;;2*1H/q;2*+1;;/p-2. The van der Waals surface area contributed by atoms with Crippen LogP contribution in [0.25, 0.3) is 0 Å². The first-order valence-electron chi connectivity index (χ1n) is 27.8. The molecule has 440 valence electrons. The van der Waals surface area contributed by atoms with E-state index in [1.54, 1.807) is 0 Å². The van der Waals surface area contributed by atoms with Crippen molar-refractivity contribution in [2.45, 2.75) is 130 Å². The third-order valence-electron chi connectivity index (χ3n) is 15.3. The van der Waals surface area contributed by atoms with E-state index in [1.165, 1.54) is 43.5 Å². The third kappa shape index (κ3) is 16.2. The van der Waals surface area contributed by atoms with E-state index in [9.17, 15) is 0 Å². The monoisotopic (exact) mass is 1540 g/mol. The van der Waals surface area contributed by atoms with Crippen LogP contribution >= 0.6 is 15.8 Å². The second-order valence-corrected chi connectivity index (χ2v) is 29.6. The fourth-order valence-electron chi connectivity index (χ4n) is 10.8. The molecule has 0 spiro atoms. The van der Waals surface area contributed by atoms with Gasteiger partial charge in [0, 0.05) is 25.7 Å². The van der Waals surface area contributed by atoms with Crippen LogP contribution in [-0.4, -0.2) is 26.9 Å². The first-order chi connectivity index (χ1) is 37.1. The zero-order chi connectivity index (χ0) is 55.6. The van der Waals surface area contributed by atoms with Crippen LogP contribution in [0.5, 0.6) is 23.0 Å². The molecule has 0 radical (unpaired) electrons. The largest absolute Gasteiger partial charge is 1.00 e. The molecule has 1 aliphatic carbocycles. The van der Waals surface area contributed by atoms with Gasteiger partial charge in [-0.2, -0.15) is 0 Å². The number of fused-ring (bicyclic) bond motifs is 8. The van der Waals surface area contributed by atoms with Crippen LogP contribution in [0.2, 0.25) is 0 Å². The van der Waals surface area contributed by atoms with Crippen LogP contribution in [-0.2, 0) is 92.1 Å². The Balaban J connectivity index is 0.00000308. The van der Waals surface area contributed by atoms with Gasteiger partial charge in [-0.25, -0.2) is 0 Å². The Hall–Kier alpha value is -4.12. The maximum atomic E-state index is 7.58. The zero-order valence-electron chi connectivity index (χ0n) is 50.3. The van der Waals surface area contributed by atoms with Crippen molar-refractivity contribution in [2.75, 3.05) is 26.9 Å². The minimum absolute atomic E-state index is 0. The Morgan fingerprint density at radius 3 is 0.659 bits per heavy atom. The molecule has 9 rings (SSSR count). The molecular weight excluding hydrogens is 1460 g/mol. The van der Waals surface area contributed by atoms with Crippen molar-refractivity contribution >= 4 is 37.1 Å². The normalized spacial score (nSPS) is 12.5. The van der Waals surface area contributed by atoms with E-state index in [1.807, 2.05) is 14.2 Å². The average Bonchev–Trinajstić information content (AvgIpc) is 3.59. The summed E-state index contributed by atoms with van der Waals surface area (Å²) in [6.45, 7) is 27.9. The number of halogens is 2. The molecule has 8 bridgehead atoms. The van der Waals surface area contributed by atoms with Gasteiger partial charge in [0.15, 0.2) is 0 Å². The number of hydrogen-bond acceptors (Lipinski definition) is 4. The molecule has 10 heteroatoms. The average molecular weight is 1540 g/mol. The van der Waals surface area contributed by atoms with Gasteiger partial charge < -0.3 is 43.8 Å². The Labute approximate surface area is 538 Å². The molecule has 0 saturated heterocycles. The van der Waals surface area contributed by atoms with Gasteiger partial charge in [-0.15, -0.1) is 0 Å². The van der Waals surface area contributed by atoms with Gasteiger partial charge in [-0.05, 0) is 125 Å². The smallest absolute Gasteiger partial charge is 1.00 e. The molecule has 8 aromatic rings. The van der Waals surface area contributed by atoms with E-state index in [-0.39, 0.29) is 91.2 Å². The number of ether oxygens (including phenoxy) is 4. The van der Waals surface area contributed by atoms with E-state index >= 15 is 0 Å². The summed E-state index contributed by atoms with van der Waals surface area (Å²) in [6.07, 6.45) is 3.50. The van der Waals surface area contributed by atoms with Gasteiger partial charge >= 0.3 is 44.8 Å². The maximum Gasteiger partial charge on any atom is 1.00 e.